The van der Waals surface area contributed by atoms with Gasteiger partial charge in [-0.1, -0.05) is 54.1 Å². The number of carbonyl (C=O) groups excluding carboxylic acids is 1. The van der Waals surface area contributed by atoms with Crippen molar-refractivity contribution in [1.82, 2.24) is 15.3 Å². The van der Waals surface area contributed by atoms with E-state index in [0.717, 1.165) is 11.1 Å². The number of aromatic nitrogens is 2. The van der Waals surface area contributed by atoms with E-state index in [1.165, 1.54) is 0 Å². The predicted octanol–water partition coefficient (Wildman–Crippen LogP) is 3.93. The standard InChI is InChI=1S/C19H18ClN3O2/c1-2-25-22-19(24)17-13-23(12-14-6-4-3-5-7-14)21-18(17)15-8-10-16(20)11-9-15/h3-11,13H,2,12H2,1H3,(H,22,24). The number of benzene rings is 2. The van der Waals surface area contributed by atoms with Crippen LogP contribution in [0, 0.1) is 0 Å². The number of carbonyl (C=O) groups is 1. The molecule has 3 aromatic rings. The van der Waals surface area contributed by atoms with Crippen LogP contribution < -0.4 is 5.48 Å². The SMILES string of the molecule is CCONC(=O)c1cn(Cc2ccccc2)nc1-c1ccc(Cl)cc1. The van der Waals surface area contributed by atoms with E-state index in [-0.39, 0.29) is 5.91 Å². The van der Waals surface area contributed by atoms with Gasteiger partial charge in [0.2, 0.25) is 0 Å². The van der Waals surface area contributed by atoms with Crippen molar-refractivity contribution in [2.24, 2.45) is 0 Å². The van der Waals surface area contributed by atoms with E-state index in [4.69, 9.17) is 16.4 Å². The van der Waals surface area contributed by atoms with Crippen LogP contribution in [0.4, 0.5) is 0 Å². The Morgan fingerprint density at radius 3 is 2.56 bits per heavy atom. The zero-order valence-corrected chi connectivity index (χ0v) is 14.5. The lowest BCUT2D eigenvalue weighted by atomic mass is 10.1. The molecule has 5 nitrogen and oxygen atoms in total. The third-order valence-electron chi connectivity index (χ3n) is 3.62. The van der Waals surface area contributed by atoms with Crippen LogP contribution in [0.2, 0.25) is 5.02 Å². The molecule has 3 rings (SSSR count). The highest BCUT2D eigenvalue weighted by Gasteiger charge is 2.18. The van der Waals surface area contributed by atoms with Gasteiger partial charge in [0, 0.05) is 16.8 Å². The first-order valence-corrected chi connectivity index (χ1v) is 8.34. The quantitative estimate of drug-likeness (QED) is 0.681. The summed E-state index contributed by atoms with van der Waals surface area (Å²) in [6.07, 6.45) is 1.73. The summed E-state index contributed by atoms with van der Waals surface area (Å²) in [5.41, 5.74) is 5.39. The van der Waals surface area contributed by atoms with Crippen molar-refractivity contribution in [3.63, 3.8) is 0 Å². The maximum absolute atomic E-state index is 12.4. The molecule has 1 heterocycles. The molecule has 128 valence electrons. The molecular weight excluding hydrogens is 338 g/mol. The lowest BCUT2D eigenvalue weighted by Gasteiger charge is -2.04. The molecule has 1 amide bonds. The van der Waals surface area contributed by atoms with Crippen molar-refractivity contribution in [2.75, 3.05) is 6.61 Å². The molecular formula is C19H18ClN3O2. The average Bonchev–Trinajstić information content (AvgIpc) is 3.05. The van der Waals surface area contributed by atoms with Gasteiger partial charge in [0.15, 0.2) is 0 Å². The van der Waals surface area contributed by atoms with Gasteiger partial charge < -0.3 is 0 Å². The molecule has 0 saturated heterocycles. The Labute approximate surface area is 151 Å². The number of nitrogens with one attached hydrogen (secondary N) is 1. The van der Waals surface area contributed by atoms with Crippen LogP contribution in [0.1, 0.15) is 22.8 Å². The van der Waals surface area contributed by atoms with Gasteiger partial charge >= 0.3 is 0 Å². The fourth-order valence-electron chi connectivity index (χ4n) is 2.45. The third-order valence-corrected chi connectivity index (χ3v) is 3.87. The lowest BCUT2D eigenvalue weighted by Crippen LogP contribution is -2.23. The number of hydrogen-bond acceptors (Lipinski definition) is 3. The Bertz CT molecular complexity index is 845. The largest absolute Gasteiger partial charge is 0.278 e. The molecule has 0 bridgehead atoms. The Balaban J connectivity index is 1.95. The average molecular weight is 356 g/mol. The monoisotopic (exact) mass is 355 g/mol. The fourth-order valence-corrected chi connectivity index (χ4v) is 2.58. The summed E-state index contributed by atoms with van der Waals surface area (Å²) in [7, 11) is 0. The third kappa shape index (κ3) is 4.26. The van der Waals surface area contributed by atoms with E-state index in [9.17, 15) is 4.79 Å². The molecule has 0 spiro atoms. The second-order valence-electron chi connectivity index (χ2n) is 5.45. The van der Waals surface area contributed by atoms with E-state index >= 15 is 0 Å². The molecule has 1 N–H and O–H groups in total. The molecule has 0 aliphatic heterocycles. The summed E-state index contributed by atoms with van der Waals surface area (Å²) >= 11 is 5.96. The van der Waals surface area contributed by atoms with Gasteiger partial charge in [-0.05, 0) is 24.6 Å². The van der Waals surface area contributed by atoms with Crippen molar-refractivity contribution in [3.05, 3.63) is 76.9 Å². The molecule has 0 unspecified atom stereocenters. The highest BCUT2D eigenvalue weighted by atomic mass is 35.5. The smallest absolute Gasteiger partial charge is 0.274 e. The van der Waals surface area contributed by atoms with Crippen LogP contribution >= 0.6 is 11.6 Å². The summed E-state index contributed by atoms with van der Waals surface area (Å²) in [4.78, 5) is 17.4. The zero-order valence-electron chi connectivity index (χ0n) is 13.8. The molecule has 6 heteroatoms. The van der Waals surface area contributed by atoms with Gasteiger partial charge in [-0.3, -0.25) is 14.3 Å². The van der Waals surface area contributed by atoms with Crippen LogP contribution in [0.15, 0.2) is 60.8 Å². The molecule has 0 atom stereocenters. The zero-order chi connectivity index (χ0) is 17.6. The van der Waals surface area contributed by atoms with Crippen molar-refractivity contribution >= 4 is 17.5 Å². The highest BCUT2D eigenvalue weighted by Crippen LogP contribution is 2.24. The second-order valence-corrected chi connectivity index (χ2v) is 5.88. The molecule has 0 radical (unpaired) electrons. The van der Waals surface area contributed by atoms with E-state index in [1.807, 2.05) is 42.5 Å². The van der Waals surface area contributed by atoms with Gasteiger partial charge in [-0.25, -0.2) is 5.48 Å². The number of halogens is 1. The van der Waals surface area contributed by atoms with Crippen LogP contribution in [0.25, 0.3) is 11.3 Å². The molecule has 0 saturated carbocycles. The van der Waals surface area contributed by atoms with Gasteiger partial charge in [0.05, 0.1) is 18.7 Å². The number of nitrogens with zero attached hydrogens (tertiary/aromatic N) is 2. The summed E-state index contributed by atoms with van der Waals surface area (Å²) in [6.45, 7) is 2.77. The van der Waals surface area contributed by atoms with Crippen molar-refractivity contribution in [3.8, 4) is 11.3 Å². The Morgan fingerprint density at radius 2 is 1.88 bits per heavy atom. The number of hydroxylamine groups is 1. The predicted molar refractivity (Wildman–Crippen MR) is 97.3 cm³/mol. The number of hydrogen-bond donors (Lipinski definition) is 1. The van der Waals surface area contributed by atoms with Crippen molar-refractivity contribution in [2.45, 2.75) is 13.5 Å². The second kappa shape index (κ2) is 7.96. The van der Waals surface area contributed by atoms with Crippen molar-refractivity contribution < 1.29 is 9.63 Å². The molecule has 0 aliphatic rings. The van der Waals surface area contributed by atoms with Crippen LogP contribution in [0.5, 0.6) is 0 Å². The summed E-state index contributed by atoms with van der Waals surface area (Å²) in [6, 6.07) is 17.2. The Hall–Kier alpha value is -2.63. The van der Waals surface area contributed by atoms with Gasteiger partial charge in [-0.2, -0.15) is 5.10 Å². The highest BCUT2D eigenvalue weighted by molar-refractivity contribution is 6.30. The summed E-state index contributed by atoms with van der Waals surface area (Å²) in [5, 5.41) is 5.22. The number of rotatable bonds is 6. The first-order chi connectivity index (χ1) is 12.2. The van der Waals surface area contributed by atoms with Crippen LogP contribution in [0.3, 0.4) is 0 Å². The molecule has 0 fully saturated rings. The first-order valence-electron chi connectivity index (χ1n) is 7.97. The maximum Gasteiger partial charge on any atom is 0.278 e. The normalized spacial score (nSPS) is 10.6. The lowest BCUT2D eigenvalue weighted by molar-refractivity contribution is 0.0365. The molecule has 2 aromatic carbocycles. The summed E-state index contributed by atoms with van der Waals surface area (Å²) < 4.78 is 1.75. The van der Waals surface area contributed by atoms with E-state index in [0.29, 0.717) is 29.4 Å². The van der Waals surface area contributed by atoms with Crippen molar-refractivity contribution in [1.29, 1.82) is 0 Å². The first kappa shape index (κ1) is 17.2. The maximum atomic E-state index is 12.4. The Morgan fingerprint density at radius 1 is 1.16 bits per heavy atom. The summed E-state index contributed by atoms with van der Waals surface area (Å²) in [5.74, 6) is -0.328. The molecule has 1 aromatic heterocycles. The van der Waals surface area contributed by atoms with E-state index in [2.05, 4.69) is 10.6 Å². The Kier molecular flexibility index (Phi) is 5.48. The van der Waals surface area contributed by atoms with Crippen LogP contribution in [-0.4, -0.2) is 22.3 Å². The minimum absolute atomic E-state index is 0.328. The molecule has 25 heavy (non-hydrogen) atoms. The van der Waals surface area contributed by atoms with E-state index in [1.54, 1.807) is 29.9 Å². The number of amides is 1. The van der Waals surface area contributed by atoms with Gasteiger partial charge in [0.25, 0.3) is 5.91 Å². The minimum atomic E-state index is -0.328. The van der Waals surface area contributed by atoms with Gasteiger partial charge in [-0.15, -0.1) is 0 Å². The van der Waals surface area contributed by atoms with Gasteiger partial charge in [0.1, 0.15) is 5.69 Å². The minimum Gasteiger partial charge on any atom is -0.274 e. The molecule has 0 aliphatic carbocycles. The van der Waals surface area contributed by atoms with Crippen LogP contribution in [-0.2, 0) is 11.4 Å². The van der Waals surface area contributed by atoms with E-state index < -0.39 is 0 Å². The topological polar surface area (TPSA) is 56.1 Å². The fraction of sp³-hybridized carbons (Fsp3) is 0.158.